The topological polar surface area (TPSA) is 77.0 Å². The van der Waals surface area contributed by atoms with Crippen LogP contribution in [0.1, 0.15) is 72.3 Å². The summed E-state index contributed by atoms with van der Waals surface area (Å²) in [5.41, 5.74) is 0.947. The number of amides is 1. The smallest absolute Gasteiger partial charge is 0.407 e. The van der Waals surface area contributed by atoms with Crippen LogP contribution >= 0.6 is 11.8 Å². The zero-order valence-electron chi connectivity index (χ0n) is 20.8. The lowest BCUT2D eigenvalue weighted by atomic mass is 9.56. The molecule has 0 radical (unpaired) electrons. The largest absolute Gasteiger partial charge is 0.463 e. The van der Waals surface area contributed by atoms with Gasteiger partial charge < -0.3 is 14.8 Å². The first kappa shape index (κ1) is 24.8. The molecule has 1 saturated heterocycles. The van der Waals surface area contributed by atoms with E-state index < -0.39 is 17.1 Å². The summed E-state index contributed by atoms with van der Waals surface area (Å²) in [5, 5.41) is 4.40. The van der Waals surface area contributed by atoms with Crippen molar-refractivity contribution in [3.63, 3.8) is 0 Å². The minimum atomic E-state index is -0.561. The van der Waals surface area contributed by atoms with E-state index in [2.05, 4.69) is 36.5 Å². The molecule has 0 aromatic heterocycles. The van der Waals surface area contributed by atoms with Gasteiger partial charge in [-0.25, -0.2) is 14.6 Å². The summed E-state index contributed by atoms with van der Waals surface area (Å²) in [6.45, 7) is 9.93. The zero-order chi connectivity index (χ0) is 24.6. The number of aliphatic imine (C=N–C) groups is 1. The maximum absolute atomic E-state index is 12.8. The molecule has 1 amide bonds. The molecule has 34 heavy (non-hydrogen) atoms. The maximum atomic E-state index is 12.8. The van der Waals surface area contributed by atoms with E-state index in [9.17, 15) is 9.59 Å². The van der Waals surface area contributed by atoms with Crippen LogP contribution in [0.4, 0.5) is 10.5 Å². The SMILES string of the molecule is CCOC(=O)/C=C/C1([C@]23C[C@H](NC(=O)OC(C)(C)C)[C@@H](C)SC2=Nc2ccccc23)CCCC1. The number of alkyl carbamates (subject to hydrolysis) is 1. The van der Waals surface area contributed by atoms with Crippen LogP contribution in [-0.2, 0) is 19.7 Å². The van der Waals surface area contributed by atoms with Gasteiger partial charge in [-0.15, -0.1) is 11.8 Å². The Morgan fingerprint density at radius 3 is 2.62 bits per heavy atom. The van der Waals surface area contributed by atoms with E-state index in [4.69, 9.17) is 14.5 Å². The number of allylic oxidation sites excluding steroid dienone is 1. The summed E-state index contributed by atoms with van der Waals surface area (Å²) >= 11 is 1.74. The molecule has 3 aliphatic rings. The predicted octanol–water partition coefficient (Wildman–Crippen LogP) is 6.07. The predicted molar refractivity (Wildman–Crippen MR) is 137 cm³/mol. The summed E-state index contributed by atoms with van der Waals surface area (Å²) in [6, 6.07) is 8.23. The molecular formula is C27H36N2O4S. The number of benzene rings is 1. The second-order valence-corrected chi connectivity index (χ2v) is 11.9. The lowest BCUT2D eigenvalue weighted by molar-refractivity contribution is -0.137. The third kappa shape index (κ3) is 4.51. The fourth-order valence-corrected chi connectivity index (χ4v) is 7.23. The molecule has 2 aliphatic heterocycles. The molecule has 6 nitrogen and oxygen atoms in total. The number of hydrogen-bond acceptors (Lipinski definition) is 6. The lowest BCUT2D eigenvalue weighted by Gasteiger charge is -2.51. The Kier molecular flexibility index (Phi) is 6.87. The summed E-state index contributed by atoms with van der Waals surface area (Å²) in [5.74, 6) is -0.310. The number of ether oxygens (including phenoxy) is 2. The van der Waals surface area contributed by atoms with Gasteiger partial charge in [0.1, 0.15) is 5.60 Å². The first-order valence-electron chi connectivity index (χ1n) is 12.3. The van der Waals surface area contributed by atoms with Gasteiger partial charge in [0.15, 0.2) is 0 Å². The van der Waals surface area contributed by atoms with Crippen LogP contribution in [0.3, 0.4) is 0 Å². The molecule has 1 aromatic carbocycles. The van der Waals surface area contributed by atoms with E-state index in [1.165, 1.54) is 5.56 Å². The summed E-state index contributed by atoms with van der Waals surface area (Å²) in [4.78, 5) is 30.2. The molecule has 0 bridgehead atoms. The maximum Gasteiger partial charge on any atom is 0.407 e. The number of nitrogens with zero attached hydrogens (tertiary/aromatic N) is 1. The van der Waals surface area contributed by atoms with Crippen molar-refractivity contribution in [3.05, 3.63) is 42.0 Å². The second-order valence-electron chi connectivity index (χ2n) is 10.6. The number of carbonyl (C=O) groups excluding carboxylic acids is 2. The minimum absolute atomic E-state index is 0.0987. The lowest BCUT2D eigenvalue weighted by Crippen LogP contribution is -2.58. The average Bonchev–Trinajstić information content (AvgIpc) is 3.36. The highest BCUT2D eigenvalue weighted by molar-refractivity contribution is 8.14. The van der Waals surface area contributed by atoms with E-state index in [0.29, 0.717) is 13.0 Å². The molecular weight excluding hydrogens is 448 g/mol. The first-order valence-corrected chi connectivity index (χ1v) is 13.2. The number of esters is 1. The van der Waals surface area contributed by atoms with Crippen molar-refractivity contribution in [1.29, 1.82) is 0 Å². The highest BCUT2D eigenvalue weighted by Crippen LogP contribution is 2.64. The Bertz CT molecular complexity index is 1010. The van der Waals surface area contributed by atoms with Gasteiger partial charge in [-0.2, -0.15) is 0 Å². The molecule has 1 saturated carbocycles. The zero-order valence-corrected chi connectivity index (χ0v) is 21.7. The van der Waals surface area contributed by atoms with Gasteiger partial charge in [0.2, 0.25) is 0 Å². The molecule has 1 N–H and O–H groups in total. The number of fused-ring (bicyclic) bond motifs is 3. The normalized spacial score (nSPS) is 27.6. The molecule has 2 heterocycles. The van der Waals surface area contributed by atoms with E-state index >= 15 is 0 Å². The third-order valence-electron chi connectivity index (χ3n) is 7.21. The molecule has 7 heteroatoms. The van der Waals surface area contributed by atoms with Gasteiger partial charge in [0.25, 0.3) is 0 Å². The Morgan fingerprint density at radius 2 is 1.94 bits per heavy atom. The number of nitrogens with one attached hydrogen (secondary N) is 1. The number of para-hydroxylation sites is 1. The summed E-state index contributed by atoms with van der Waals surface area (Å²) in [7, 11) is 0. The van der Waals surface area contributed by atoms with Gasteiger partial charge in [-0.05, 0) is 58.6 Å². The summed E-state index contributed by atoms with van der Waals surface area (Å²) < 4.78 is 10.8. The second kappa shape index (κ2) is 9.40. The molecule has 1 aliphatic carbocycles. The Balaban J connectivity index is 1.77. The van der Waals surface area contributed by atoms with Crippen molar-refractivity contribution in [2.75, 3.05) is 6.61 Å². The van der Waals surface area contributed by atoms with Crippen LogP contribution in [0.2, 0.25) is 0 Å². The highest BCUT2D eigenvalue weighted by Gasteiger charge is 2.61. The van der Waals surface area contributed by atoms with Crippen molar-refractivity contribution in [3.8, 4) is 0 Å². The van der Waals surface area contributed by atoms with Crippen molar-refractivity contribution in [2.24, 2.45) is 10.4 Å². The van der Waals surface area contributed by atoms with Crippen molar-refractivity contribution >= 4 is 34.6 Å². The van der Waals surface area contributed by atoms with Gasteiger partial charge in [0.05, 0.1) is 22.8 Å². The Labute approximate surface area is 207 Å². The number of carbonyl (C=O) groups is 2. The van der Waals surface area contributed by atoms with Crippen LogP contribution in [-0.4, -0.2) is 40.6 Å². The fraction of sp³-hybridized carbons (Fsp3) is 0.593. The average molecular weight is 485 g/mol. The molecule has 184 valence electrons. The third-order valence-corrected chi connectivity index (χ3v) is 8.58. The highest BCUT2D eigenvalue weighted by atomic mass is 32.2. The van der Waals surface area contributed by atoms with Gasteiger partial charge in [-0.3, -0.25) is 0 Å². The van der Waals surface area contributed by atoms with Crippen molar-refractivity contribution in [2.45, 2.75) is 89.0 Å². The molecule has 3 atom stereocenters. The van der Waals surface area contributed by atoms with Crippen LogP contribution in [0.25, 0.3) is 0 Å². The molecule has 2 fully saturated rings. The van der Waals surface area contributed by atoms with Crippen molar-refractivity contribution < 1.29 is 19.1 Å². The van der Waals surface area contributed by atoms with Gasteiger partial charge >= 0.3 is 12.1 Å². The van der Waals surface area contributed by atoms with E-state index in [1.807, 2.05) is 33.8 Å². The quantitative estimate of drug-likeness (QED) is 0.406. The van der Waals surface area contributed by atoms with Crippen LogP contribution in [0.5, 0.6) is 0 Å². The van der Waals surface area contributed by atoms with Gasteiger partial charge in [0, 0.05) is 22.8 Å². The van der Waals surface area contributed by atoms with Crippen LogP contribution in [0, 0.1) is 5.41 Å². The van der Waals surface area contributed by atoms with E-state index in [0.717, 1.165) is 36.4 Å². The molecule has 0 spiro atoms. The number of rotatable bonds is 5. The van der Waals surface area contributed by atoms with E-state index in [-0.39, 0.29) is 22.7 Å². The number of thioether (sulfide) groups is 1. The minimum Gasteiger partial charge on any atom is -0.463 e. The van der Waals surface area contributed by atoms with Crippen LogP contribution in [0.15, 0.2) is 41.4 Å². The van der Waals surface area contributed by atoms with Crippen LogP contribution < -0.4 is 5.32 Å². The molecule has 4 rings (SSSR count). The Morgan fingerprint density at radius 1 is 1.24 bits per heavy atom. The van der Waals surface area contributed by atoms with Crippen molar-refractivity contribution in [1.82, 2.24) is 5.32 Å². The molecule has 0 unspecified atom stereocenters. The first-order chi connectivity index (χ1) is 16.1. The van der Waals surface area contributed by atoms with E-state index in [1.54, 1.807) is 17.8 Å². The fourth-order valence-electron chi connectivity index (χ4n) is 5.80. The monoisotopic (exact) mass is 484 g/mol. The summed E-state index contributed by atoms with van der Waals surface area (Å²) in [6.07, 6.45) is 8.13. The van der Waals surface area contributed by atoms with Gasteiger partial charge in [-0.1, -0.05) is 44.0 Å². The standard InChI is InChI=1S/C27H36N2O4S/c1-6-32-22(30)13-16-26(14-9-10-15-26)27-17-21(29-24(31)33-25(3,4)5)18(2)34-23(27)28-20-12-8-7-11-19(20)27/h7-8,11-13,16,18,21H,6,9-10,14-15,17H2,1-5H3,(H,29,31)/b16-13+/t18-,21+,27+/m1/s1. The Hall–Kier alpha value is -2.28. The number of hydrogen-bond donors (Lipinski definition) is 1. The molecule has 1 aromatic rings.